The lowest BCUT2D eigenvalue weighted by atomic mass is 10.3. The number of ether oxygens (including phenoxy) is 1. The lowest BCUT2D eigenvalue weighted by Gasteiger charge is -2.03. The minimum Gasteiger partial charge on any atom is -0.487 e. The summed E-state index contributed by atoms with van der Waals surface area (Å²) in [7, 11) is 0. The van der Waals surface area contributed by atoms with Crippen LogP contribution in [-0.4, -0.2) is 20.5 Å². The van der Waals surface area contributed by atoms with E-state index in [1.165, 1.54) is 24.3 Å². The van der Waals surface area contributed by atoms with Gasteiger partial charge in [0.05, 0.1) is 11.3 Å². The van der Waals surface area contributed by atoms with Gasteiger partial charge in [-0.15, -0.1) is 0 Å². The molecule has 0 fully saturated rings. The van der Waals surface area contributed by atoms with Gasteiger partial charge in [0, 0.05) is 18.5 Å². The van der Waals surface area contributed by atoms with Crippen LogP contribution in [0.5, 0.6) is 5.75 Å². The number of aromatic carboxylic acids is 1. The van der Waals surface area contributed by atoms with Gasteiger partial charge in [-0.2, -0.15) is 0 Å². The van der Waals surface area contributed by atoms with Crippen LogP contribution < -0.4 is 4.74 Å². The number of halogens is 1. The van der Waals surface area contributed by atoms with Crippen LogP contribution in [0, 0.1) is 5.82 Å². The molecule has 0 radical (unpaired) electrons. The number of rotatable bonds is 4. The zero-order valence-electron chi connectivity index (χ0n) is 10.9. The molecular formula is C15H11FN2O3. The Kier molecular flexibility index (Phi) is 3.27. The second-order valence-electron chi connectivity index (χ2n) is 4.46. The Balaban J connectivity index is 1.80. The first-order chi connectivity index (χ1) is 10.1. The number of carboxylic acid groups (broad SMARTS) is 1. The van der Waals surface area contributed by atoms with Gasteiger partial charge in [-0.3, -0.25) is 0 Å². The van der Waals surface area contributed by atoms with Crippen molar-refractivity contribution < 1.29 is 19.0 Å². The molecule has 0 saturated heterocycles. The van der Waals surface area contributed by atoms with Crippen LogP contribution in [-0.2, 0) is 6.61 Å². The van der Waals surface area contributed by atoms with Crippen LogP contribution in [0.15, 0.2) is 48.8 Å². The molecule has 6 heteroatoms. The third-order valence-electron chi connectivity index (χ3n) is 2.94. The van der Waals surface area contributed by atoms with Gasteiger partial charge in [0.2, 0.25) is 0 Å². The SMILES string of the molecule is O=C(O)c1ccn2cc(COc3cccc(F)c3)nc2c1. The fourth-order valence-electron chi connectivity index (χ4n) is 1.95. The maximum absolute atomic E-state index is 13.0. The summed E-state index contributed by atoms with van der Waals surface area (Å²) in [5.74, 6) is -0.954. The molecule has 0 unspecified atom stereocenters. The normalized spacial score (nSPS) is 10.7. The number of imidazole rings is 1. The first-order valence-corrected chi connectivity index (χ1v) is 6.21. The van der Waals surface area contributed by atoms with E-state index in [0.717, 1.165) is 0 Å². The van der Waals surface area contributed by atoms with E-state index in [1.54, 1.807) is 28.9 Å². The summed E-state index contributed by atoms with van der Waals surface area (Å²) in [5, 5.41) is 8.93. The van der Waals surface area contributed by atoms with E-state index in [2.05, 4.69) is 4.98 Å². The van der Waals surface area contributed by atoms with Gasteiger partial charge in [-0.1, -0.05) is 6.07 Å². The van der Waals surface area contributed by atoms with Crippen molar-refractivity contribution in [3.63, 3.8) is 0 Å². The number of carboxylic acids is 1. The van der Waals surface area contributed by atoms with Gasteiger partial charge in [-0.25, -0.2) is 14.2 Å². The highest BCUT2D eigenvalue weighted by Gasteiger charge is 2.07. The Morgan fingerprint density at radius 3 is 2.95 bits per heavy atom. The van der Waals surface area contributed by atoms with Crippen molar-refractivity contribution in [2.45, 2.75) is 6.61 Å². The molecule has 3 aromatic rings. The van der Waals surface area contributed by atoms with Crippen LogP contribution in [0.1, 0.15) is 16.1 Å². The average Bonchev–Trinajstić information content (AvgIpc) is 2.87. The summed E-state index contributed by atoms with van der Waals surface area (Å²) in [4.78, 5) is 15.2. The predicted molar refractivity (Wildman–Crippen MR) is 72.9 cm³/mol. The van der Waals surface area contributed by atoms with E-state index in [1.807, 2.05) is 0 Å². The van der Waals surface area contributed by atoms with Gasteiger partial charge in [0.15, 0.2) is 0 Å². The molecule has 2 heterocycles. The summed E-state index contributed by atoms with van der Waals surface area (Å²) in [6.07, 6.45) is 3.36. The largest absolute Gasteiger partial charge is 0.487 e. The van der Waals surface area contributed by atoms with E-state index in [0.29, 0.717) is 17.1 Å². The van der Waals surface area contributed by atoms with Gasteiger partial charge in [0.1, 0.15) is 23.8 Å². The molecule has 5 nitrogen and oxygen atoms in total. The predicted octanol–water partition coefficient (Wildman–Crippen LogP) is 2.75. The third-order valence-corrected chi connectivity index (χ3v) is 2.94. The maximum atomic E-state index is 13.0. The van der Waals surface area contributed by atoms with Crippen molar-refractivity contribution in [2.75, 3.05) is 0 Å². The highest BCUT2D eigenvalue weighted by atomic mass is 19.1. The highest BCUT2D eigenvalue weighted by Crippen LogP contribution is 2.15. The summed E-state index contributed by atoms with van der Waals surface area (Å²) >= 11 is 0. The third kappa shape index (κ3) is 2.84. The van der Waals surface area contributed by atoms with E-state index >= 15 is 0 Å². The van der Waals surface area contributed by atoms with Crippen LogP contribution in [0.3, 0.4) is 0 Å². The topological polar surface area (TPSA) is 63.8 Å². The zero-order valence-corrected chi connectivity index (χ0v) is 10.9. The van der Waals surface area contributed by atoms with Crippen LogP contribution in [0.4, 0.5) is 4.39 Å². The molecule has 106 valence electrons. The molecule has 0 aliphatic carbocycles. The number of aromatic nitrogens is 2. The Morgan fingerprint density at radius 1 is 1.33 bits per heavy atom. The molecule has 0 bridgehead atoms. The number of hydrogen-bond acceptors (Lipinski definition) is 3. The number of pyridine rings is 1. The van der Waals surface area contributed by atoms with E-state index in [9.17, 15) is 9.18 Å². The molecule has 0 atom stereocenters. The fourth-order valence-corrected chi connectivity index (χ4v) is 1.95. The molecule has 1 aromatic carbocycles. The van der Waals surface area contributed by atoms with Crippen LogP contribution in [0.25, 0.3) is 5.65 Å². The van der Waals surface area contributed by atoms with Gasteiger partial charge >= 0.3 is 5.97 Å². The van der Waals surface area contributed by atoms with Crippen molar-refractivity contribution in [1.82, 2.24) is 9.38 Å². The maximum Gasteiger partial charge on any atom is 0.335 e. The number of carbonyl (C=O) groups is 1. The zero-order chi connectivity index (χ0) is 14.8. The lowest BCUT2D eigenvalue weighted by Crippen LogP contribution is -1.97. The Hall–Kier alpha value is -2.89. The monoisotopic (exact) mass is 286 g/mol. The van der Waals surface area contributed by atoms with Crippen molar-refractivity contribution in [2.24, 2.45) is 0 Å². The summed E-state index contributed by atoms with van der Waals surface area (Å²) in [6, 6.07) is 8.82. The van der Waals surface area contributed by atoms with E-state index in [-0.39, 0.29) is 18.0 Å². The number of hydrogen-bond donors (Lipinski definition) is 1. The van der Waals surface area contributed by atoms with Crippen molar-refractivity contribution in [3.8, 4) is 5.75 Å². The number of benzene rings is 1. The molecule has 21 heavy (non-hydrogen) atoms. The minimum absolute atomic E-state index is 0.172. The molecule has 0 spiro atoms. The van der Waals surface area contributed by atoms with Crippen molar-refractivity contribution in [1.29, 1.82) is 0 Å². The number of fused-ring (bicyclic) bond motifs is 1. The average molecular weight is 286 g/mol. The quantitative estimate of drug-likeness (QED) is 0.801. The van der Waals surface area contributed by atoms with Gasteiger partial charge in [-0.05, 0) is 24.3 Å². The molecule has 0 amide bonds. The van der Waals surface area contributed by atoms with Gasteiger partial charge in [0.25, 0.3) is 0 Å². The Morgan fingerprint density at radius 2 is 2.19 bits per heavy atom. The molecule has 1 N–H and O–H groups in total. The first kappa shape index (κ1) is 13.1. The minimum atomic E-state index is -1.00. The first-order valence-electron chi connectivity index (χ1n) is 6.21. The molecule has 3 rings (SSSR count). The van der Waals surface area contributed by atoms with E-state index < -0.39 is 5.97 Å². The van der Waals surface area contributed by atoms with E-state index in [4.69, 9.17) is 9.84 Å². The van der Waals surface area contributed by atoms with Gasteiger partial charge < -0.3 is 14.2 Å². The Bertz CT molecular complexity index is 814. The summed E-state index contributed by atoms with van der Waals surface area (Å²) in [6.45, 7) is 0.174. The molecule has 0 aliphatic heterocycles. The summed E-state index contributed by atoms with van der Waals surface area (Å²) < 4.78 is 20.2. The molecule has 2 aromatic heterocycles. The fraction of sp³-hybridized carbons (Fsp3) is 0.0667. The second kappa shape index (κ2) is 5.24. The van der Waals surface area contributed by atoms with Crippen molar-refractivity contribution in [3.05, 3.63) is 65.9 Å². The molecule has 0 aliphatic rings. The molecular weight excluding hydrogens is 275 g/mol. The van der Waals surface area contributed by atoms with Crippen molar-refractivity contribution >= 4 is 11.6 Å². The smallest absolute Gasteiger partial charge is 0.335 e. The van der Waals surface area contributed by atoms with Crippen LogP contribution >= 0.6 is 0 Å². The summed E-state index contributed by atoms with van der Waals surface area (Å²) in [5.41, 5.74) is 1.32. The Labute approximate surface area is 119 Å². The van der Waals surface area contributed by atoms with Crippen LogP contribution in [0.2, 0.25) is 0 Å². The lowest BCUT2D eigenvalue weighted by molar-refractivity contribution is 0.0697. The highest BCUT2D eigenvalue weighted by molar-refractivity contribution is 5.88. The number of nitrogens with zero attached hydrogens (tertiary/aromatic N) is 2. The molecule has 0 saturated carbocycles. The second-order valence-corrected chi connectivity index (χ2v) is 4.46. The standard InChI is InChI=1S/C15H11FN2O3/c16-11-2-1-3-13(7-11)21-9-12-8-18-5-4-10(15(19)20)6-14(18)17-12/h1-8H,9H2,(H,19,20).